The van der Waals surface area contributed by atoms with E-state index in [4.69, 9.17) is 0 Å². The van der Waals surface area contributed by atoms with Crippen LogP contribution < -0.4 is 5.32 Å². The molecule has 0 saturated carbocycles. The molecule has 2 N–H and O–H groups in total. The maximum Gasteiger partial charge on any atom is 0.106 e. The zero-order chi connectivity index (χ0) is 12.5. The molecule has 0 saturated heterocycles. The first-order valence-corrected chi connectivity index (χ1v) is 6.36. The first-order valence-electron chi connectivity index (χ1n) is 6.36. The summed E-state index contributed by atoms with van der Waals surface area (Å²) in [4.78, 5) is 0. The molecule has 18 heavy (non-hydrogen) atoms. The van der Waals surface area contributed by atoms with Gasteiger partial charge in [-0.25, -0.2) is 0 Å². The van der Waals surface area contributed by atoms with Crippen molar-refractivity contribution >= 4 is 5.69 Å². The van der Waals surface area contributed by atoms with Gasteiger partial charge >= 0.3 is 0 Å². The van der Waals surface area contributed by atoms with E-state index in [9.17, 15) is 5.11 Å². The van der Waals surface area contributed by atoms with E-state index in [2.05, 4.69) is 11.4 Å². The molecule has 2 heteroatoms. The Labute approximate surface area is 107 Å². The van der Waals surface area contributed by atoms with E-state index in [1.165, 1.54) is 11.1 Å². The summed E-state index contributed by atoms with van der Waals surface area (Å²) in [6.07, 6.45) is 0.495. The number of para-hydroxylation sites is 1. The van der Waals surface area contributed by atoms with Gasteiger partial charge in [-0.2, -0.15) is 0 Å². The molecular weight excluding hydrogens is 222 g/mol. The Hall–Kier alpha value is -1.80. The van der Waals surface area contributed by atoms with E-state index < -0.39 is 6.10 Å². The predicted octanol–water partition coefficient (Wildman–Crippen LogP) is 3.04. The Morgan fingerprint density at radius 3 is 2.83 bits per heavy atom. The summed E-state index contributed by atoms with van der Waals surface area (Å²) in [6, 6.07) is 14.2. The average molecular weight is 239 g/mol. The van der Waals surface area contributed by atoms with Crippen molar-refractivity contribution in [2.75, 3.05) is 11.9 Å². The van der Waals surface area contributed by atoms with Crippen LogP contribution >= 0.6 is 0 Å². The molecule has 1 aliphatic heterocycles. The van der Waals surface area contributed by atoms with Crippen LogP contribution in [0.5, 0.6) is 0 Å². The van der Waals surface area contributed by atoms with Crippen LogP contribution in [0.4, 0.5) is 5.69 Å². The highest BCUT2D eigenvalue weighted by Crippen LogP contribution is 2.33. The number of rotatable bonds is 2. The number of hydrogen-bond acceptors (Lipinski definition) is 2. The van der Waals surface area contributed by atoms with Crippen molar-refractivity contribution in [3.63, 3.8) is 0 Å². The van der Waals surface area contributed by atoms with Gasteiger partial charge in [-0.05, 0) is 24.5 Å². The first-order chi connectivity index (χ1) is 8.75. The van der Waals surface area contributed by atoms with Crippen molar-refractivity contribution < 1.29 is 5.11 Å². The Morgan fingerprint density at radius 1 is 1.17 bits per heavy atom. The van der Waals surface area contributed by atoms with E-state index in [0.717, 1.165) is 29.8 Å². The second kappa shape index (κ2) is 4.46. The zero-order valence-corrected chi connectivity index (χ0v) is 10.5. The molecule has 0 aromatic heterocycles. The van der Waals surface area contributed by atoms with Crippen LogP contribution in [0.1, 0.15) is 28.4 Å². The molecule has 3 rings (SSSR count). The fraction of sp³-hybridized carbons (Fsp3) is 0.250. The SMILES string of the molecule is Cc1cccc(C(O)c2cccc3c2NCC3)c1. The van der Waals surface area contributed by atoms with Gasteiger partial charge < -0.3 is 10.4 Å². The molecule has 2 aromatic carbocycles. The van der Waals surface area contributed by atoms with Crippen molar-refractivity contribution in [2.24, 2.45) is 0 Å². The quantitative estimate of drug-likeness (QED) is 0.844. The average Bonchev–Trinajstić information content (AvgIpc) is 2.86. The lowest BCUT2D eigenvalue weighted by molar-refractivity contribution is 0.221. The van der Waals surface area contributed by atoms with Gasteiger partial charge in [0.15, 0.2) is 0 Å². The lowest BCUT2D eigenvalue weighted by atomic mass is 9.97. The van der Waals surface area contributed by atoms with Gasteiger partial charge in [0, 0.05) is 17.8 Å². The van der Waals surface area contributed by atoms with Crippen molar-refractivity contribution in [3.05, 3.63) is 64.7 Å². The van der Waals surface area contributed by atoms with Gasteiger partial charge in [-0.15, -0.1) is 0 Å². The minimum atomic E-state index is -0.551. The summed E-state index contributed by atoms with van der Waals surface area (Å²) in [6.45, 7) is 3.01. The third-order valence-corrected chi connectivity index (χ3v) is 3.53. The second-order valence-electron chi connectivity index (χ2n) is 4.87. The molecule has 1 aliphatic rings. The molecule has 0 aliphatic carbocycles. The Morgan fingerprint density at radius 2 is 2.00 bits per heavy atom. The number of aliphatic hydroxyl groups is 1. The van der Waals surface area contributed by atoms with E-state index in [0.29, 0.717) is 0 Å². The van der Waals surface area contributed by atoms with Gasteiger partial charge in [0.1, 0.15) is 6.10 Å². The predicted molar refractivity (Wildman–Crippen MR) is 73.9 cm³/mol. The normalized spacial score (nSPS) is 15.0. The largest absolute Gasteiger partial charge is 0.384 e. The third-order valence-electron chi connectivity index (χ3n) is 3.53. The number of fused-ring (bicyclic) bond motifs is 1. The number of hydrogen-bond donors (Lipinski definition) is 2. The molecule has 0 fully saturated rings. The van der Waals surface area contributed by atoms with Crippen LogP contribution in [0, 0.1) is 6.92 Å². The lowest BCUT2D eigenvalue weighted by Gasteiger charge is -2.16. The van der Waals surface area contributed by atoms with Crippen LogP contribution in [-0.4, -0.2) is 11.7 Å². The Balaban J connectivity index is 2.03. The Kier molecular flexibility index (Phi) is 2.80. The van der Waals surface area contributed by atoms with Crippen LogP contribution in [-0.2, 0) is 6.42 Å². The lowest BCUT2D eigenvalue weighted by Crippen LogP contribution is -2.04. The molecule has 92 valence electrons. The maximum atomic E-state index is 10.5. The minimum Gasteiger partial charge on any atom is -0.384 e. The summed E-state index contributed by atoms with van der Waals surface area (Å²) in [7, 11) is 0. The molecule has 0 spiro atoms. The number of benzene rings is 2. The molecule has 1 atom stereocenters. The third kappa shape index (κ3) is 1.89. The highest BCUT2D eigenvalue weighted by Gasteiger charge is 2.19. The van der Waals surface area contributed by atoms with Crippen LogP contribution in [0.2, 0.25) is 0 Å². The van der Waals surface area contributed by atoms with Crippen molar-refractivity contribution in [2.45, 2.75) is 19.4 Å². The van der Waals surface area contributed by atoms with E-state index in [-0.39, 0.29) is 0 Å². The molecule has 1 unspecified atom stereocenters. The first kappa shape index (κ1) is 11.3. The van der Waals surface area contributed by atoms with Gasteiger partial charge in [-0.1, -0.05) is 48.0 Å². The van der Waals surface area contributed by atoms with Crippen LogP contribution in [0.25, 0.3) is 0 Å². The Bertz CT molecular complexity index is 577. The van der Waals surface area contributed by atoms with E-state index in [1.807, 2.05) is 43.3 Å². The fourth-order valence-corrected chi connectivity index (χ4v) is 2.61. The van der Waals surface area contributed by atoms with Gasteiger partial charge in [0.25, 0.3) is 0 Å². The molecule has 2 aromatic rings. The van der Waals surface area contributed by atoms with Gasteiger partial charge in [0.2, 0.25) is 0 Å². The number of anilines is 1. The monoisotopic (exact) mass is 239 g/mol. The number of aliphatic hydroxyl groups excluding tert-OH is 1. The van der Waals surface area contributed by atoms with E-state index in [1.54, 1.807) is 0 Å². The van der Waals surface area contributed by atoms with Crippen molar-refractivity contribution in [1.82, 2.24) is 0 Å². The van der Waals surface area contributed by atoms with Crippen LogP contribution in [0.15, 0.2) is 42.5 Å². The number of nitrogens with one attached hydrogen (secondary N) is 1. The summed E-state index contributed by atoms with van der Waals surface area (Å²) in [5.41, 5.74) is 5.53. The molecular formula is C16H17NO. The zero-order valence-electron chi connectivity index (χ0n) is 10.5. The highest BCUT2D eigenvalue weighted by atomic mass is 16.3. The van der Waals surface area contributed by atoms with E-state index >= 15 is 0 Å². The second-order valence-corrected chi connectivity index (χ2v) is 4.87. The maximum absolute atomic E-state index is 10.5. The molecule has 1 heterocycles. The van der Waals surface area contributed by atoms with Crippen molar-refractivity contribution in [3.8, 4) is 0 Å². The smallest absolute Gasteiger partial charge is 0.106 e. The molecule has 2 nitrogen and oxygen atoms in total. The van der Waals surface area contributed by atoms with Gasteiger partial charge in [-0.3, -0.25) is 0 Å². The fourth-order valence-electron chi connectivity index (χ4n) is 2.61. The van der Waals surface area contributed by atoms with Gasteiger partial charge in [0.05, 0.1) is 0 Å². The van der Waals surface area contributed by atoms with Crippen molar-refractivity contribution in [1.29, 1.82) is 0 Å². The summed E-state index contributed by atoms with van der Waals surface area (Å²) in [5.74, 6) is 0. The van der Waals surface area contributed by atoms with Crippen LogP contribution in [0.3, 0.4) is 0 Å². The summed E-state index contributed by atoms with van der Waals surface area (Å²) >= 11 is 0. The molecule has 0 bridgehead atoms. The number of aryl methyl sites for hydroxylation is 1. The standard InChI is InChI=1S/C16H17NO/c1-11-4-2-6-13(10-11)16(18)14-7-3-5-12-8-9-17-15(12)14/h2-7,10,16-18H,8-9H2,1H3. The summed E-state index contributed by atoms with van der Waals surface area (Å²) in [5, 5.41) is 13.9. The molecule has 0 radical (unpaired) electrons. The minimum absolute atomic E-state index is 0.551. The highest BCUT2D eigenvalue weighted by molar-refractivity contribution is 5.63. The topological polar surface area (TPSA) is 32.3 Å². The molecule has 0 amide bonds. The summed E-state index contributed by atoms with van der Waals surface area (Å²) < 4.78 is 0.